The normalized spacial score (nSPS) is 17.4. The fraction of sp³-hybridized carbons (Fsp3) is 0.452. The number of hydrogen-bond acceptors (Lipinski definition) is 6. The van der Waals surface area contributed by atoms with E-state index in [0.717, 1.165) is 10.0 Å². The summed E-state index contributed by atoms with van der Waals surface area (Å²) in [6, 6.07) is 13.3. The first-order valence-corrected chi connectivity index (χ1v) is 14.6. The summed E-state index contributed by atoms with van der Waals surface area (Å²) in [5.41, 5.74) is 6.39. The average Bonchev–Trinajstić information content (AvgIpc) is 3.07. The fourth-order valence-electron chi connectivity index (χ4n) is 5.53. The first kappa shape index (κ1) is 37.0. The third-order valence-corrected chi connectivity index (χ3v) is 7.68. The van der Waals surface area contributed by atoms with Crippen molar-refractivity contribution in [3.8, 4) is 0 Å². The Morgan fingerprint density at radius 2 is 1.47 bits per heavy atom. The summed E-state index contributed by atoms with van der Waals surface area (Å²) in [6.45, 7) is 3.20. The molecule has 0 aromatic heterocycles. The lowest BCUT2D eigenvalue weighted by Crippen LogP contribution is -2.59. The number of carbonyl (C=O) groups excluding carboxylic acids is 3. The molecule has 3 rings (SSSR count). The predicted octanol–water partition coefficient (Wildman–Crippen LogP) is 4.67. The van der Waals surface area contributed by atoms with Crippen LogP contribution in [0.5, 0.6) is 0 Å². The molecule has 0 saturated carbocycles. The highest BCUT2D eigenvalue weighted by atomic mass is 19.4. The molecule has 0 fully saturated rings. The number of halogens is 6. The van der Waals surface area contributed by atoms with Crippen LogP contribution in [0.25, 0.3) is 0 Å². The van der Waals surface area contributed by atoms with Crippen molar-refractivity contribution in [2.24, 2.45) is 28.5 Å². The van der Waals surface area contributed by atoms with Crippen molar-refractivity contribution in [2.75, 3.05) is 12.1 Å². The summed E-state index contributed by atoms with van der Waals surface area (Å²) in [7, 11) is 1.33. The Morgan fingerprint density at radius 1 is 0.936 bits per heavy atom. The number of aliphatic carboxylic acids is 1. The minimum Gasteiger partial charge on any atom is -0.480 e. The fourth-order valence-corrected chi connectivity index (χ4v) is 5.53. The number of anilines is 1. The average molecular weight is 672 g/mol. The third-order valence-electron chi connectivity index (χ3n) is 7.68. The van der Waals surface area contributed by atoms with Gasteiger partial charge in [-0.15, -0.1) is 0 Å². The molecule has 4 atom stereocenters. The maximum atomic E-state index is 14.3. The molecule has 4 N–H and O–H groups in total. The zero-order valence-corrected chi connectivity index (χ0v) is 25.7. The first-order chi connectivity index (χ1) is 21.8. The van der Waals surface area contributed by atoms with Gasteiger partial charge in [0, 0.05) is 42.9 Å². The number of benzodiazepines with no additional fused rings is 1. The Kier molecular flexibility index (Phi) is 11.8. The molecular weight excluding hydrogens is 636 g/mol. The summed E-state index contributed by atoms with van der Waals surface area (Å²) >= 11 is 0. The van der Waals surface area contributed by atoms with Crippen LogP contribution < -0.4 is 16.1 Å². The number of aliphatic imine (C=N–C) groups is 1. The van der Waals surface area contributed by atoms with Crippen molar-refractivity contribution in [3.05, 3.63) is 65.7 Å². The zero-order valence-electron chi connectivity index (χ0n) is 25.7. The van der Waals surface area contributed by atoms with Crippen LogP contribution in [0.2, 0.25) is 0 Å². The summed E-state index contributed by atoms with van der Waals surface area (Å²) in [4.78, 5) is 57.0. The van der Waals surface area contributed by atoms with Gasteiger partial charge in [-0.25, -0.2) is 15.0 Å². The van der Waals surface area contributed by atoms with Crippen molar-refractivity contribution in [1.82, 2.24) is 10.3 Å². The molecular formula is C31H35F6N5O5. The number of hydrazine groups is 1. The van der Waals surface area contributed by atoms with Crippen molar-refractivity contribution >= 4 is 35.1 Å². The second kappa shape index (κ2) is 15.0. The Labute approximate surface area is 266 Å². The molecule has 3 amide bonds. The van der Waals surface area contributed by atoms with E-state index in [1.807, 2.05) is 0 Å². The van der Waals surface area contributed by atoms with E-state index in [0.29, 0.717) is 11.1 Å². The molecule has 0 aliphatic carbocycles. The second-order valence-corrected chi connectivity index (χ2v) is 11.4. The van der Waals surface area contributed by atoms with E-state index in [2.05, 4.69) is 10.3 Å². The van der Waals surface area contributed by atoms with E-state index < -0.39 is 91.7 Å². The second-order valence-electron chi connectivity index (χ2n) is 11.4. The monoisotopic (exact) mass is 671 g/mol. The number of carboxylic acid groups (broad SMARTS) is 1. The van der Waals surface area contributed by atoms with Crippen molar-refractivity contribution in [1.29, 1.82) is 0 Å². The molecule has 0 spiro atoms. The van der Waals surface area contributed by atoms with E-state index >= 15 is 0 Å². The topological polar surface area (TPSA) is 145 Å². The minimum atomic E-state index is -4.84. The Balaban J connectivity index is 2.18. The number of primary amides is 1. The van der Waals surface area contributed by atoms with Crippen LogP contribution in [0.1, 0.15) is 50.7 Å². The van der Waals surface area contributed by atoms with Gasteiger partial charge in [-0.2, -0.15) is 26.3 Å². The molecule has 1 aliphatic heterocycles. The van der Waals surface area contributed by atoms with Crippen LogP contribution in [0.4, 0.5) is 32.0 Å². The molecule has 10 nitrogen and oxygen atoms in total. The Bertz CT molecular complexity index is 1480. The lowest BCUT2D eigenvalue weighted by molar-refractivity contribution is -0.152. The summed E-state index contributed by atoms with van der Waals surface area (Å²) < 4.78 is 79.0. The highest BCUT2D eigenvalue weighted by molar-refractivity contribution is 6.20. The summed E-state index contributed by atoms with van der Waals surface area (Å²) in [5.74, 6) is -9.63. The number of likely N-dealkylation sites (N-methyl/N-ethyl adjacent to an activating group) is 1. The number of carboxylic acids is 1. The largest absolute Gasteiger partial charge is 0.480 e. The third kappa shape index (κ3) is 9.53. The number of amides is 3. The van der Waals surface area contributed by atoms with Crippen molar-refractivity contribution in [2.45, 2.75) is 64.1 Å². The summed E-state index contributed by atoms with van der Waals surface area (Å²) in [6.07, 6.45) is -17.0. The van der Waals surface area contributed by atoms with E-state index in [1.54, 1.807) is 62.4 Å². The molecule has 2 aromatic rings. The van der Waals surface area contributed by atoms with Crippen LogP contribution >= 0.6 is 0 Å². The molecule has 0 saturated heterocycles. The van der Waals surface area contributed by atoms with Gasteiger partial charge >= 0.3 is 18.3 Å². The zero-order chi connectivity index (χ0) is 35.3. The molecule has 1 heterocycles. The van der Waals surface area contributed by atoms with Crippen molar-refractivity contribution in [3.63, 3.8) is 0 Å². The highest BCUT2D eigenvalue weighted by Crippen LogP contribution is 2.34. The number of para-hydroxylation sites is 1. The molecule has 1 aliphatic rings. The minimum absolute atomic E-state index is 0.141. The standard InChI is InChI=1S/C31H35F6N5O5/c1-17(2)24(29(46)47)41(3)42-22-12-8-7-11-21(22)23(18-9-5-4-6-10-18)39-26(28(42)45)40-27(44)20(14-16-31(35,36)37)19(25(38)43)13-15-30(32,33)34/h4-12,17,19-20,24,26H,13-16H2,1-3H3,(H2,38,43)(H,40,44)(H,46,47)/t19-,20+,24-,26+/m0/s1. The number of nitrogens with zero attached hydrogens (tertiary/aromatic N) is 3. The Morgan fingerprint density at radius 3 is 1.98 bits per heavy atom. The van der Waals surface area contributed by atoms with Crippen LogP contribution in [0.3, 0.4) is 0 Å². The molecule has 16 heteroatoms. The van der Waals surface area contributed by atoms with Gasteiger partial charge in [-0.1, -0.05) is 62.4 Å². The van der Waals surface area contributed by atoms with Crippen LogP contribution in [-0.2, 0) is 19.2 Å². The number of alkyl halides is 6. The van der Waals surface area contributed by atoms with E-state index in [4.69, 9.17) is 5.73 Å². The highest BCUT2D eigenvalue weighted by Gasteiger charge is 2.43. The van der Waals surface area contributed by atoms with E-state index in [9.17, 15) is 50.6 Å². The lowest BCUT2D eigenvalue weighted by atomic mass is 9.83. The number of nitrogens with two attached hydrogens (primary N) is 1. The van der Waals surface area contributed by atoms with Gasteiger partial charge in [0.05, 0.1) is 11.4 Å². The molecule has 256 valence electrons. The SMILES string of the molecule is CC(C)[C@@H](C(=O)O)N(C)N1C(=O)[C@@H](NC(=O)[C@H](CCC(F)(F)F)[C@H](CCC(F)(F)F)C(N)=O)N=C(c2ccccc2)c2ccccc21. The number of fused-ring (bicyclic) bond motifs is 1. The van der Waals surface area contributed by atoms with Gasteiger partial charge in [-0.05, 0) is 24.8 Å². The summed E-state index contributed by atoms with van der Waals surface area (Å²) in [5, 5.41) is 14.4. The van der Waals surface area contributed by atoms with Gasteiger partial charge in [0.15, 0.2) is 0 Å². The van der Waals surface area contributed by atoms with Gasteiger partial charge in [-0.3, -0.25) is 19.2 Å². The van der Waals surface area contributed by atoms with Crippen LogP contribution in [0.15, 0.2) is 59.6 Å². The lowest BCUT2D eigenvalue weighted by Gasteiger charge is -2.38. The van der Waals surface area contributed by atoms with E-state index in [-0.39, 0.29) is 11.4 Å². The molecule has 0 radical (unpaired) electrons. The maximum absolute atomic E-state index is 14.3. The van der Waals surface area contributed by atoms with Gasteiger partial charge in [0.25, 0.3) is 5.91 Å². The Hall–Kier alpha value is -4.47. The number of nitrogens with one attached hydrogen (secondary N) is 1. The molecule has 47 heavy (non-hydrogen) atoms. The smallest absolute Gasteiger partial charge is 0.389 e. The quantitative estimate of drug-likeness (QED) is 0.264. The van der Waals surface area contributed by atoms with Gasteiger partial charge in [0.1, 0.15) is 6.04 Å². The van der Waals surface area contributed by atoms with Gasteiger partial charge < -0.3 is 16.2 Å². The predicted molar refractivity (Wildman–Crippen MR) is 159 cm³/mol. The number of carbonyl (C=O) groups is 4. The number of benzene rings is 2. The molecule has 2 aromatic carbocycles. The van der Waals surface area contributed by atoms with E-state index in [1.165, 1.54) is 13.1 Å². The van der Waals surface area contributed by atoms with Crippen molar-refractivity contribution < 1.29 is 50.6 Å². The molecule has 0 unspecified atom stereocenters. The maximum Gasteiger partial charge on any atom is 0.389 e. The van der Waals surface area contributed by atoms with Crippen LogP contribution in [-0.4, -0.2) is 71.1 Å². The van der Waals surface area contributed by atoms with Crippen LogP contribution in [0, 0.1) is 17.8 Å². The van der Waals surface area contributed by atoms with Gasteiger partial charge in [0.2, 0.25) is 18.0 Å². The number of hydrogen-bond donors (Lipinski definition) is 3. The first-order valence-electron chi connectivity index (χ1n) is 14.6. The molecule has 0 bridgehead atoms. The number of rotatable bonds is 13.